The number of halogens is 3. The van der Waals surface area contributed by atoms with Crippen molar-refractivity contribution >= 4 is 21.7 Å². The van der Waals surface area contributed by atoms with Crippen LogP contribution in [0.1, 0.15) is 23.2 Å². The summed E-state index contributed by atoms with van der Waals surface area (Å²) in [6.07, 6.45) is -2.67. The number of hydrogen-bond acceptors (Lipinski definition) is 3. The monoisotopic (exact) mass is 261 g/mol. The van der Waals surface area contributed by atoms with Crippen LogP contribution in [0.3, 0.4) is 0 Å². The van der Waals surface area contributed by atoms with Gasteiger partial charge in [-0.1, -0.05) is 15.9 Å². The lowest BCUT2D eigenvalue weighted by atomic mass is 10.1. The van der Waals surface area contributed by atoms with Crippen LogP contribution < -0.4 is 5.73 Å². The molecule has 1 aromatic heterocycles. The highest BCUT2D eigenvalue weighted by molar-refractivity contribution is 9.08. The van der Waals surface area contributed by atoms with E-state index in [4.69, 9.17) is 11.0 Å². The zero-order valence-electron chi connectivity index (χ0n) is 6.97. The quantitative estimate of drug-likeness (QED) is 0.832. The largest absolute Gasteiger partial charge is 0.383 e. The van der Waals surface area contributed by atoms with Crippen LogP contribution in [0.25, 0.3) is 0 Å². The van der Waals surface area contributed by atoms with E-state index in [9.17, 15) is 8.78 Å². The van der Waals surface area contributed by atoms with E-state index in [1.54, 1.807) is 6.07 Å². The lowest BCUT2D eigenvalue weighted by molar-refractivity contribution is 0.152. The van der Waals surface area contributed by atoms with Crippen LogP contribution in [0.4, 0.5) is 14.6 Å². The molecule has 0 aliphatic carbocycles. The van der Waals surface area contributed by atoms with Crippen LogP contribution in [0.2, 0.25) is 0 Å². The smallest absolute Gasteiger partial charge is 0.267 e. The number of alkyl halides is 3. The van der Waals surface area contributed by atoms with Gasteiger partial charge in [-0.25, -0.2) is 13.8 Å². The Hall–Kier alpha value is -1.22. The second-order valence-electron chi connectivity index (χ2n) is 2.52. The van der Waals surface area contributed by atoms with Gasteiger partial charge < -0.3 is 5.73 Å². The van der Waals surface area contributed by atoms with Gasteiger partial charge in [-0.05, 0) is 11.6 Å². The van der Waals surface area contributed by atoms with Crippen molar-refractivity contribution in [3.05, 3.63) is 22.9 Å². The average molecular weight is 262 g/mol. The second kappa shape index (κ2) is 4.33. The van der Waals surface area contributed by atoms with Gasteiger partial charge in [0.1, 0.15) is 17.6 Å². The van der Waals surface area contributed by atoms with Crippen molar-refractivity contribution in [1.29, 1.82) is 5.26 Å². The molecule has 0 saturated heterocycles. The Morgan fingerprint density at radius 3 is 2.71 bits per heavy atom. The summed E-state index contributed by atoms with van der Waals surface area (Å²) in [6, 6.07) is 2.98. The fourth-order valence-corrected chi connectivity index (χ4v) is 1.39. The highest BCUT2D eigenvalue weighted by Gasteiger charge is 2.15. The summed E-state index contributed by atoms with van der Waals surface area (Å²) < 4.78 is 24.7. The zero-order valence-corrected chi connectivity index (χ0v) is 8.55. The first kappa shape index (κ1) is 10.9. The van der Waals surface area contributed by atoms with E-state index in [0.717, 1.165) is 0 Å². The van der Waals surface area contributed by atoms with Crippen molar-refractivity contribution in [2.45, 2.75) is 11.8 Å². The lowest BCUT2D eigenvalue weighted by Crippen LogP contribution is -2.03. The maximum absolute atomic E-state index is 12.4. The van der Waals surface area contributed by atoms with Crippen molar-refractivity contribution < 1.29 is 8.78 Å². The third-order valence-corrected chi connectivity index (χ3v) is 2.25. The molecular weight excluding hydrogens is 256 g/mol. The summed E-state index contributed by atoms with van der Waals surface area (Å²) in [4.78, 5) is 3.59. The topological polar surface area (TPSA) is 62.7 Å². The van der Waals surface area contributed by atoms with E-state index in [1.165, 1.54) is 6.07 Å². The molecule has 0 saturated carbocycles. The normalized spacial score (nSPS) is 10.2. The molecule has 0 bridgehead atoms. The molecule has 0 radical (unpaired) electrons. The minimum absolute atomic E-state index is 0.0729. The predicted octanol–water partition coefficient (Wildman–Crippen LogP) is 2.37. The number of nitrogens with two attached hydrogens (primary N) is 1. The predicted molar refractivity (Wildman–Crippen MR) is 51.0 cm³/mol. The molecule has 0 unspecified atom stereocenters. The van der Waals surface area contributed by atoms with E-state index < -0.39 is 6.43 Å². The molecule has 0 fully saturated rings. The van der Waals surface area contributed by atoms with Crippen molar-refractivity contribution in [2.24, 2.45) is 0 Å². The van der Waals surface area contributed by atoms with E-state index in [1.807, 2.05) is 0 Å². The summed E-state index contributed by atoms with van der Waals surface area (Å²) >= 11 is 3.08. The van der Waals surface area contributed by atoms with E-state index in [2.05, 4.69) is 20.9 Å². The van der Waals surface area contributed by atoms with Crippen LogP contribution in [-0.2, 0) is 5.33 Å². The summed E-state index contributed by atoms with van der Waals surface area (Å²) in [5.41, 5.74) is 5.42. The number of nitriles is 1. The van der Waals surface area contributed by atoms with Gasteiger partial charge in [0.25, 0.3) is 6.43 Å². The van der Waals surface area contributed by atoms with Gasteiger partial charge in [-0.2, -0.15) is 5.26 Å². The number of aromatic nitrogens is 1. The molecule has 0 atom stereocenters. The Labute approximate surface area is 87.7 Å². The first-order valence-electron chi connectivity index (χ1n) is 3.63. The number of anilines is 1. The van der Waals surface area contributed by atoms with Crippen molar-refractivity contribution in [2.75, 3.05) is 5.73 Å². The van der Waals surface area contributed by atoms with Gasteiger partial charge in [-0.3, -0.25) is 0 Å². The molecule has 1 rings (SSSR count). The van der Waals surface area contributed by atoms with Gasteiger partial charge in [0.05, 0.1) is 5.56 Å². The molecule has 3 nitrogen and oxygen atoms in total. The van der Waals surface area contributed by atoms with Crippen LogP contribution in [0.15, 0.2) is 6.07 Å². The molecule has 0 aliphatic heterocycles. The summed E-state index contributed by atoms with van der Waals surface area (Å²) in [5.74, 6) is -0.291. The summed E-state index contributed by atoms with van der Waals surface area (Å²) in [5, 5.41) is 8.92. The molecule has 6 heteroatoms. The maximum Gasteiger partial charge on any atom is 0.267 e. The van der Waals surface area contributed by atoms with E-state index in [-0.39, 0.29) is 17.1 Å². The molecule has 1 aromatic rings. The first-order chi connectivity index (χ1) is 6.60. The second-order valence-corrected chi connectivity index (χ2v) is 3.08. The number of nitrogen functional groups attached to an aromatic ring is 1. The van der Waals surface area contributed by atoms with Gasteiger partial charge in [0.2, 0.25) is 0 Å². The lowest BCUT2D eigenvalue weighted by Gasteiger charge is -2.06. The molecule has 74 valence electrons. The molecule has 1 heterocycles. The number of rotatable bonds is 2. The van der Waals surface area contributed by atoms with E-state index in [0.29, 0.717) is 10.9 Å². The fraction of sp³-hybridized carbons (Fsp3) is 0.250. The number of hydrogen-bond donors (Lipinski definition) is 1. The van der Waals surface area contributed by atoms with E-state index >= 15 is 0 Å². The average Bonchev–Trinajstić information content (AvgIpc) is 2.16. The SMILES string of the molecule is N#Cc1nc(N)c(C(F)F)cc1CBr. The summed E-state index contributed by atoms with van der Waals surface area (Å²) in [7, 11) is 0. The Bertz CT molecular complexity index is 386. The van der Waals surface area contributed by atoms with Gasteiger partial charge >= 0.3 is 0 Å². The summed E-state index contributed by atoms with van der Waals surface area (Å²) in [6.45, 7) is 0. The molecule has 0 aliphatic rings. The van der Waals surface area contributed by atoms with Crippen molar-refractivity contribution in [3.63, 3.8) is 0 Å². The van der Waals surface area contributed by atoms with Crippen LogP contribution >= 0.6 is 15.9 Å². The van der Waals surface area contributed by atoms with Gasteiger partial charge in [0.15, 0.2) is 0 Å². The van der Waals surface area contributed by atoms with Crippen LogP contribution in [0, 0.1) is 11.3 Å². The first-order valence-corrected chi connectivity index (χ1v) is 4.75. The highest BCUT2D eigenvalue weighted by atomic mass is 79.9. The number of pyridine rings is 1. The minimum atomic E-state index is -2.67. The number of nitrogens with zero attached hydrogens (tertiary/aromatic N) is 2. The minimum Gasteiger partial charge on any atom is -0.383 e. The molecular formula is C8H6BrF2N3. The molecule has 2 N–H and O–H groups in total. The van der Waals surface area contributed by atoms with Crippen molar-refractivity contribution in [3.8, 4) is 6.07 Å². The molecule has 0 spiro atoms. The zero-order chi connectivity index (χ0) is 10.7. The molecule has 14 heavy (non-hydrogen) atoms. The molecule has 0 amide bonds. The fourth-order valence-electron chi connectivity index (χ4n) is 0.960. The Morgan fingerprint density at radius 2 is 2.29 bits per heavy atom. The third kappa shape index (κ3) is 1.99. The van der Waals surface area contributed by atoms with Gasteiger partial charge in [-0.15, -0.1) is 0 Å². The molecule has 0 aromatic carbocycles. The Balaban J connectivity index is 3.32. The highest BCUT2D eigenvalue weighted by Crippen LogP contribution is 2.26. The standard InChI is InChI=1S/C8H6BrF2N3/c9-2-4-1-5(7(10)11)8(13)14-6(4)3-12/h1,7H,2H2,(H2,13,14). The Kier molecular flexibility index (Phi) is 3.36. The van der Waals surface area contributed by atoms with Crippen LogP contribution in [0.5, 0.6) is 0 Å². The maximum atomic E-state index is 12.4. The third-order valence-electron chi connectivity index (χ3n) is 1.65. The van der Waals surface area contributed by atoms with Crippen LogP contribution in [-0.4, -0.2) is 4.98 Å². The van der Waals surface area contributed by atoms with Gasteiger partial charge in [0, 0.05) is 5.33 Å². The van der Waals surface area contributed by atoms with Crippen molar-refractivity contribution in [1.82, 2.24) is 4.98 Å². The Morgan fingerprint density at radius 1 is 1.64 bits per heavy atom.